The Morgan fingerprint density at radius 2 is 1.43 bits per heavy atom. The average molecular weight is 306 g/mol. The van der Waals surface area contributed by atoms with Gasteiger partial charge in [0.2, 0.25) is 0 Å². The van der Waals surface area contributed by atoms with Crippen LogP contribution in [0.2, 0.25) is 0 Å². The number of ether oxygens (including phenoxy) is 1. The third-order valence-electron chi connectivity index (χ3n) is 4.20. The minimum atomic E-state index is -0.501. The molecule has 0 unspecified atom stereocenters. The predicted molar refractivity (Wildman–Crippen MR) is 87.8 cm³/mol. The molecule has 0 aromatic heterocycles. The van der Waals surface area contributed by atoms with E-state index >= 15 is 0 Å². The summed E-state index contributed by atoms with van der Waals surface area (Å²) >= 11 is 0. The number of esters is 1. The maximum Gasteiger partial charge on any atom is 0.307 e. The molecular weight excluding hydrogens is 288 g/mol. The minimum absolute atomic E-state index is 0.0276. The number of hydrogen-bond acceptors (Lipinski definition) is 3. The first kappa shape index (κ1) is 15.2. The van der Waals surface area contributed by atoms with Crippen LogP contribution in [0.15, 0.2) is 72.5 Å². The molecule has 3 nitrogen and oxygen atoms in total. The number of allylic oxidation sites excluding steroid dienone is 2. The Morgan fingerprint density at radius 1 is 0.913 bits per heavy atom. The van der Waals surface area contributed by atoms with Gasteiger partial charge in [-0.2, -0.15) is 0 Å². The largest absolute Gasteiger partial charge is 0.431 e. The van der Waals surface area contributed by atoms with E-state index in [0.717, 1.165) is 11.1 Å². The van der Waals surface area contributed by atoms with Crippen LogP contribution in [0, 0.1) is 0 Å². The molecule has 0 N–H and O–H groups in total. The zero-order chi connectivity index (χ0) is 16.3. The minimum Gasteiger partial charge on any atom is -0.431 e. The lowest BCUT2D eigenvalue weighted by Gasteiger charge is -2.37. The molecule has 0 heterocycles. The van der Waals surface area contributed by atoms with Crippen molar-refractivity contribution in [2.75, 3.05) is 0 Å². The second-order valence-corrected chi connectivity index (χ2v) is 5.84. The lowest BCUT2D eigenvalue weighted by Crippen LogP contribution is -2.34. The second kappa shape index (κ2) is 6.21. The van der Waals surface area contributed by atoms with Gasteiger partial charge < -0.3 is 4.74 Å². The SMILES string of the molecule is CC(=O)OC1=CC(=O)CC(c2ccccc2)(c2ccccc2)C1. The molecule has 0 bridgehead atoms. The Balaban J connectivity index is 2.13. The monoisotopic (exact) mass is 306 g/mol. The molecule has 0 spiro atoms. The van der Waals surface area contributed by atoms with E-state index in [1.807, 2.05) is 60.7 Å². The van der Waals surface area contributed by atoms with Crippen molar-refractivity contribution in [2.24, 2.45) is 0 Å². The van der Waals surface area contributed by atoms with E-state index in [1.54, 1.807) is 0 Å². The summed E-state index contributed by atoms with van der Waals surface area (Å²) in [5, 5.41) is 0. The molecule has 23 heavy (non-hydrogen) atoms. The van der Waals surface area contributed by atoms with Crippen molar-refractivity contribution in [2.45, 2.75) is 25.2 Å². The van der Waals surface area contributed by atoms with Gasteiger partial charge in [0.05, 0.1) is 0 Å². The van der Waals surface area contributed by atoms with Crippen LogP contribution in [0.5, 0.6) is 0 Å². The first-order valence-corrected chi connectivity index (χ1v) is 7.63. The quantitative estimate of drug-likeness (QED) is 0.810. The molecule has 0 aliphatic heterocycles. The van der Waals surface area contributed by atoms with Crippen LogP contribution in [0.25, 0.3) is 0 Å². The molecule has 116 valence electrons. The second-order valence-electron chi connectivity index (χ2n) is 5.84. The Morgan fingerprint density at radius 3 is 1.91 bits per heavy atom. The summed E-state index contributed by atoms with van der Waals surface area (Å²) in [7, 11) is 0. The maximum absolute atomic E-state index is 12.3. The maximum atomic E-state index is 12.3. The van der Waals surface area contributed by atoms with Crippen molar-refractivity contribution in [3.63, 3.8) is 0 Å². The van der Waals surface area contributed by atoms with Crippen molar-refractivity contribution >= 4 is 11.8 Å². The van der Waals surface area contributed by atoms with Gasteiger partial charge in [-0.05, 0) is 11.1 Å². The molecule has 3 heteroatoms. The van der Waals surface area contributed by atoms with E-state index in [2.05, 4.69) is 0 Å². The van der Waals surface area contributed by atoms with Crippen LogP contribution in [0.3, 0.4) is 0 Å². The van der Waals surface area contributed by atoms with E-state index < -0.39 is 11.4 Å². The van der Waals surface area contributed by atoms with Crippen LogP contribution in [0.1, 0.15) is 30.9 Å². The van der Waals surface area contributed by atoms with Crippen molar-refractivity contribution in [3.05, 3.63) is 83.6 Å². The summed E-state index contributed by atoms with van der Waals surface area (Å²) in [5.41, 5.74) is 1.61. The van der Waals surface area contributed by atoms with E-state index in [0.29, 0.717) is 18.6 Å². The molecule has 0 atom stereocenters. The van der Waals surface area contributed by atoms with Gasteiger partial charge in [-0.1, -0.05) is 60.7 Å². The van der Waals surface area contributed by atoms with Gasteiger partial charge in [0, 0.05) is 31.3 Å². The lowest BCUT2D eigenvalue weighted by atomic mass is 9.66. The van der Waals surface area contributed by atoms with Crippen LogP contribution < -0.4 is 0 Å². The average Bonchev–Trinajstić information content (AvgIpc) is 2.55. The summed E-state index contributed by atoms with van der Waals surface area (Å²) in [6.45, 7) is 1.35. The zero-order valence-electron chi connectivity index (χ0n) is 13.0. The van der Waals surface area contributed by atoms with E-state index in [1.165, 1.54) is 13.0 Å². The van der Waals surface area contributed by atoms with Crippen molar-refractivity contribution in [1.29, 1.82) is 0 Å². The zero-order valence-corrected chi connectivity index (χ0v) is 13.0. The van der Waals surface area contributed by atoms with Gasteiger partial charge in [0.1, 0.15) is 5.76 Å². The van der Waals surface area contributed by atoms with Crippen molar-refractivity contribution in [1.82, 2.24) is 0 Å². The molecule has 0 fully saturated rings. The van der Waals surface area contributed by atoms with E-state index in [9.17, 15) is 9.59 Å². The van der Waals surface area contributed by atoms with Crippen molar-refractivity contribution < 1.29 is 14.3 Å². The number of carbonyl (C=O) groups excluding carboxylic acids is 2. The fourth-order valence-electron chi connectivity index (χ4n) is 3.28. The molecule has 2 aromatic rings. The molecule has 0 radical (unpaired) electrons. The molecule has 2 aromatic carbocycles. The highest BCUT2D eigenvalue weighted by Crippen LogP contribution is 2.44. The highest BCUT2D eigenvalue weighted by molar-refractivity contribution is 5.93. The fourth-order valence-corrected chi connectivity index (χ4v) is 3.28. The molecule has 0 saturated heterocycles. The van der Waals surface area contributed by atoms with Crippen LogP contribution in [0.4, 0.5) is 0 Å². The van der Waals surface area contributed by atoms with Crippen molar-refractivity contribution in [3.8, 4) is 0 Å². The van der Waals surface area contributed by atoms with E-state index in [-0.39, 0.29) is 5.78 Å². The highest BCUT2D eigenvalue weighted by atomic mass is 16.5. The summed E-state index contributed by atoms with van der Waals surface area (Å²) < 4.78 is 5.26. The first-order chi connectivity index (χ1) is 11.1. The number of carbonyl (C=O) groups is 2. The molecular formula is C20H18O3. The Labute approximate surface area is 135 Å². The van der Waals surface area contributed by atoms with Crippen LogP contribution >= 0.6 is 0 Å². The molecule has 0 amide bonds. The van der Waals surface area contributed by atoms with Crippen LogP contribution in [-0.2, 0) is 19.7 Å². The third kappa shape index (κ3) is 3.09. The van der Waals surface area contributed by atoms with Gasteiger partial charge >= 0.3 is 5.97 Å². The van der Waals surface area contributed by atoms with Gasteiger partial charge in [-0.25, -0.2) is 0 Å². The number of hydrogen-bond donors (Lipinski definition) is 0. The number of rotatable bonds is 3. The summed E-state index contributed by atoms with van der Waals surface area (Å²) in [4.78, 5) is 23.7. The Bertz CT molecular complexity index is 705. The van der Waals surface area contributed by atoms with Gasteiger partial charge in [0.25, 0.3) is 0 Å². The molecule has 3 rings (SSSR count). The predicted octanol–water partition coefficient (Wildman–Crippen LogP) is 3.78. The molecule has 0 saturated carbocycles. The van der Waals surface area contributed by atoms with Gasteiger partial charge in [-0.15, -0.1) is 0 Å². The fraction of sp³-hybridized carbons (Fsp3) is 0.200. The summed E-state index contributed by atoms with van der Waals surface area (Å²) in [6.07, 6.45) is 2.31. The Hall–Kier alpha value is -2.68. The number of ketones is 1. The standard InChI is InChI=1S/C20H18O3/c1-15(21)23-19-12-18(22)13-20(14-19,16-8-4-2-5-9-16)17-10-6-3-7-11-17/h2-12H,13-14H2,1H3. The van der Waals surface area contributed by atoms with Crippen LogP contribution in [-0.4, -0.2) is 11.8 Å². The molecule has 1 aliphatic rings. The topological polar surface area (TPSA) is 43.4 Å². The molecule has 1 aliphatic carbocycles. The summed E-state index contributed by atoms with van der Waals surface area (Å²) in [6, 6.07) is 19.9. The Kier molecular flexibility index (Phi) is 4.11. The van der Waals surface area contributed by atoms with Gasteiger partial charge in [-0.3, -0.25) is 9.59 Å². The lowest BCUT2D eigenvalue weighted by molar-refractivity contribution is -0.137. The first-order valence-electron chi connectivity index (χ1n) is 7.63. The van der Waals surface area contributed by atoms with Gasteiger partial charge in [0.15, 0.2) is 5.78 Å². The number of benzene rings is 2. The van der Waals surface area contributed by atoms with E-state index in [4.69, 9.17) is 4.74 Å². The normalized spacial score (nSPS) is 16.6. The summed E-state index contributed by atoms with van der Waals surface area (Å²) in [5.74, 6) is 0.00244. The highest BCUT2D eigenvalue weighted by Gasteiger charge is 2.40. The third-order valence-corrected chi connectivity index (χ3v) is 4.20. The smallest absolute Gasteiger partial charge is 0.307 e.